The molecule has 0 radical (unpaired) electrons. The number of nitrogens with zero attached hydrogens (tertiary/aromatic N) is 1. The van der Waals surface area contributed by atoms with E-state index in [1.54, 1.807) is 24.6 Å². The number of rotatable bonds is 6. The van der Waals surface area contributed by atoms with E-state index in [-0.39, 0.29) is 11.9 Å². The minimum atomic E-state index is -0.211. The summed E-state index contributed by atoms with van der Waals surface area (Å²) in [4.78, 5) is 16.2. The molecule has 0 unspecified atom stereocenters. The van der Waals surface area contributed by atoms with E-state index in [1.807, 2.05) is 35.0 Å². The van der Waals surface area contributed by atoms with Crippen LogP contribution in [0.15, 0.2) is 41.2 Å². The van der Waals surface area contributed by atoms with Gasteiger partial charge in [0.1, 0.15) is 0 Å². The Bertz CT molecular complexity index is 499. The number of hydrogen-bond donors (Lipinski definition) is 1. The van der Waals surface area contributed by atoms with Crippen molar-refractivity contribution in [2.24, 2.45) is 0 Å². The fourth-order valence-electron chi connectivity index (χ4n) is 1.77. The Morgan fingerprint density at radius 2 is 2.37 bits per heavy atom. The highest BCUT2D eigenvalue weighted by Gasteiger charge is 2.15. The zero-order valence-electron chi connectivity index (χ0n) is 10.7. The topological polar surface area (TPSA) is 51.2 Å². The Morgan fingerprint density at radius 1 is 1.47 bits per heavy atom. The van der Waals surface area contributed by atoms with Crippen LogP contribution in [0.2, 0.25) is 0 Å². The van der Waals surface area contributed by atoms with Crippen molar-refractivity contribution in [2.75, 3.05) is 13.7 Å². The fraction of sp³-hybridized carbons (Fsp3) is 0.286. The molecule has 2 heterocycles. The molecule has 0 aliphatic carbocycles. The van der Waals surface area contributed by atoms with Crippen LogP contribution in [0.5, 0.6) is 0 Å². The predicted molar refractivity (Wildman–Crippen MR) is 75.0 cm³/mol. The van der Waals surface area contributed by atoms with E-state index in [0.717, 1.165) is 11.3 Å². The second kappa shape index (κ2) is 7.01. The van der Waals surface area contributed by atoms with E-state index in [1.165, 1.54) is 0 Å². The molecule has 1 N–H and O–H groups in total. The molecule has 0 spiro atoms. The van der Waals surface area contributed by atoms with Crippen molar-refractivity contribution < 1.29 is 9.53 Å². The standard InChI is InChI=1S/C14H16N2O2S/c1-18-9-13(12-4-2-3-6-15-12)16-14(17)8-11-5-7-19-10-11/h2-7,10,13H,8-9H2,1H3,(H,16,17)/t13-/m0/s1. The molecule has 2 aromatic rings. The number of hydrogen-bond acceptors (Lipinski definition) is 4. The van der Waals surface area contributed by atoms with Gasteiger partial charge in [0.25, 0.3) is 0 Å². The van der Waals surface area contributed by atoms with Gasteiger partial charge in [0.2, 0.25) is 5.91 Å². The summed E-state index contributed by atoms with van der Waals surface area (Å²) in [6.45, 7) is 0.409. The molecule has 100 valence electrons. The normalized spacial score (nSPS) is 12.1. The SMILES string of the molecule is COC[C@H](NC(=O)Cc1ccsc1)c1ccccn1. The molecule has 2 rings (SSSR count). The molecule has 0 aromatic carbocycles. The molecule has 1 amide bonds. The Balaban J connectivity index is 1.98. The van der Waals surface area contributed by atoms with Crippen LogP contribution >= 0.6 is 11.3 Å². The second-order valence-electron chi connectivity index (χ2n) is 4.14. The van der Waals surface area contributed by atoms with Crippen molar-refractivity contribution in [3.8, 4) is 0 Å². The summed E-state index contributed by atoms with van der Waals surface area (Å²) in [5, 5.41) is 6.89. The summed E-state index contributed by atoms with van der Waals surface area (Å²) < 4.78 is 5.14. The molecule has 0 aliphatic heterocycles. The molecular weight excluding hydrogens is 260 g/mol. The van der Waals surface area contributed by atoms with Crippen molar-refractivity contribution in [2.45, 2.75) is 12.5 Å². The molecular formula is C14H16N2O2S. The number of aromatic nitrogens is 1. The monoisotopic (exact) mass is 276 g/mol. The number of pyridine rings is 1. The zero-order chi connectivity index (χ0) is 13.5. The van der Waals surface area contributed by atoms with Crippen molar-refractivity contribution in [3.63, 3.8) is 0 Å². The Labute approximate surface area is 116 Å². The summed E-state index contributed by atoms with van der Waals surface area (Å²) in [6.07, 6.45) is 2.10. The third kappa shape index (κ3) is 4.15. The highest BCUT2D eigenvalue weighted by Crippen LogP contribution is 2.11. The molecule has 0 fully saturated rings. The highest BCUT2D eigenvalue weighted by atomic mass is 32.1. The molecule has 0 saturated heterocycles. The van der Waals surface area contributed by atoms with Crippen molar-refractivity contribution in [1.82, 2.24) is 10.3 Å². The summed E-state index contributed by atoms with van der Waals surface area (Å²) in [6, 6.07) is 7.37. The van der Waals surface area contributed by atoms with E-state index in [9.17, 15) is 4.79 Å². The Hall–Kier alpha value is -1.72. The van der Waals surface area contributed by atoms with Crippen molar-refractivity contribution in [3.05, 3.63) is 52.5 Å². The van der Waals surface area contributed by atoms with E-state index >= 15 is 0 Å². The summed E-state index contributed by atoms with van der Waals surface area (Å²) in [5.74, 6) is -0.0221. The van der Waals surface area contributed by atoms with Crippen LogP contribution in [-0.2, 0) is 16.0 Å². The largest absolute Gasteiger partial charge is 0.382 e. The quantitative estimate of drug-likeness (QED) is 0.880. The zero-order valence-corrected chi connectivity index (χ0v) is 11.5. The van der Waals surface area contributed by atoms with Gasteiger partial charge in [-0.15, -0.1) is 0 Å². The number of thiophene rings is 1. The lowest BCUT2D eigenvalue weighted by molar-refractivity contribution is -0.121. The lowest BCUT2D eigenvalue weighted by atomic mass is 10.1. The minimum Gasteiger partial charge on any atom is -0.382 e. The number of nitrogens with one attached hydrogen (secondary N) is 1. The molecule has 0 bridgehead atoms. The Kier molecular flexibility index (Phi) is 5.06. The van der Waals surface area contributed by atoms with Crippen LogP contribution in [0, 0.1) is 0 Å². The van der Waals surface area contributed by atoms with Gasteiger partial charge in [-0.05, 0) is 34.5 Å². The fourth-order valence-corrected chi connectivity index (χ4v) is 2.44. The first-order valence-electron chi connectivity index (χ1n) is 6.00. The third-order valence-corrected chi connectivity index (χ3v) is 3.39. The average Bonchev–Trinajstić information content (AvgIpc) is 2.92. The highest BCUT2D eigenvalue weighted by molar-refractivity contribution is 7.07. The maximum absolute atomic E-state index is 12.0. The number of carbonyl (C=O) groups excluding carboxylic acids is 1. The lowest BCUT2D eigenvalue weighted by Gasteiger charge is -2.17. The smallest absolute Gasteiger partial charge is 0.225 e. The van der Waals surface area contributed by atoms with Gasteiger partial charge in [-0.1, -0.05) is 6.07 Å². The summed E-state index contributed by atoms with van der Waals surface area (Å²) in [5.41, 5.74) is 1.84. The molecule has 5 heteroatoms. The maximum atomic E-state index is 12.0. The van der Waals surface area contributed by atoms with Gasteiger partial charge in [0, 0.05) is 13.3 Å². The lowest BCUT2D eigenvalue weighted by Crippen LogP contribution is -2.32. The molecule has 1 atom stereocenters. The predicted octanol–water partition coefficient (Wildman–Crippen LogP) is 2.19. The molecule has 4 nitrogen and oxygen atoms in total. The average molecular weight is 276 g/mol. The van der Waals surface area contributed by atoms with Crippen LogP contribution in [0.3, 0.4) is 0 Å². The third-order valence-electron chi connectivity index (χ3n) is 2.66. The Morgan fingerprint density at radius 3 is 3.00 bits per heavy atom. The molecule has 19 heavy (non-hydrogen) atoms. The van der Waals surface area contributed by atoms with Crippen LogP contribution in [-0.4, -0.2) is 24.6 Å². The van der Waals surface area contributed by atoms with Crippen LogP contribution in [0.1, 0.15) is 17.3 Å². The molecule has 0 saturated carbocycles. The number of methoxy groups -OCH3 is 1. The van der Waals surface area contributed by atoms with Gasteiger partial charge < -0.3 is 10.1 Å². The minimum absolute atomic E-state index is 0.0221. The van der Waals surface area contributed by atoms with E-state index in [4.69, 9.17) is 4.74 Å². The van der Waals surface area contributed by atoms with Crippen LogP contribution in [0.25, 0.3) is 0 Å². The van der Waals surface area contributed by atoms with E-state index < -0.39 is 0 Å². The van der Waals surface area contributed by atoms with E-state index in [2.05, 4.69) is 10.3 Å². The van der Waals surface area contributed by atoms with Gasteiger partial charge in [-0.25, -0.2) is 0 Å². The van der Waals surface area contributed by atoms with Gasteiger partial charge in [-0.3, -0.25) is 9.78 Å². The first kappa shape index (κ1) is 13.7. The number of amides is 1. The van der Waals surface area contributed by atoms with Crippen LogP contribution in [0.4, 0.5) is 0 Å². The number of carbonyl (C=O) groups is 1. The van der Waals surface area contributed by atoms with Gasteiger partial charge in [-0.2, -0.15) is 11.3 Å². The van der Waals surface area contributed by atoms with Crippen molar-refractivity contribution in [1.29, 1.82) is 0 Å². The molecule has 2 aromatic heterocycles. The molecule has 0 aliphatic rings. The van der Waals surface area contributed by atoms with Gasteiger partial charge in [0.05, 0.1) is 24.8 Å². The second-order valence-corrected chi connectivity index (χ2v) is 4.92. The van der Waals surface area contributed by atoms with E-state index in [0.29, 0.717) is 13.0 Å². The summed E-state index contributed by atoms with van der Waals surface area (Å²) in [7, 11) is 1.61. The first-order chi connectivity index (χ1) is 9.29. The van der Waals surface area contributed by atoms with Gasteiger partial charge >= 0.3 is 0 Å². The maximum Gasteiger partial charge on any atom is 0.225 e. The van der Waals surface area contributed by atoms with Gasteiger partial charge in [0.15, 0.2) is 0 Å². The van der Waals surface area contributed by atoms with Crippen LogP contribution < -0.4 is 5.32 Å². The number of ether oxygens (including phenoxy) is 1. The van der Waals surface area contributed by atoms with Crippen molar-refractivity contribution >= 4 is 17.2 Å². The summed E-state index contributed by atoms with van der Waals surface area (Å²) >= 11 is 1.59. The first-order valence-corrected chi connectivity index (χ1v) is 6.94.